The lowest BCUT2D eigenvalue weighted by atomic mass is 9.87. The summed E-state index contributed by atoms with van der Waals surface area (Å²) in [5.41, 5.74) is -0.0375. The zero-order valence-electron chi connectivity index (χ0n) is 10.5. The van der Waals surface area contributed by atoms with Crippen molar-refractivity contribution in [1.29, 1.82) is 0 Å². The number of carbonyl (C=O) groups is 1. The highest BCUT2D eigenvalue weighted by Gasteiger charge is 2.34. The van der Waals surface area contributed by atoms with Crippen LogP contribution in [0.3, 0.4) is 0 Å². The molecule has 1 fully saturated rings. The van der Waals surface area contributed by atoms with Crippen molar-refractivity contribution in [3.05, 3.63) is 22.4 Å². The van der Waals surface area contributed by atoms with Gasteiger partial charge in [0.25, 0.3) is 0 Å². The lowest BCUT2D eigenvalue weighted by molar-refractivity contribution is -0.116. The number of aldehydes is 1. The van der Waals surface area contributed by atoms with Crippen LogP contribution in [0, 0.1) is 5.41 Å². The Balaban J connectivity index is 1.80. The van der Waals surface area contributed by atoms with Crippen molar-refractivity contribution in [3.63, 3.8) is 0 Å². The van der Waals surface area contributed by atoms with Crippen molar-refractivity contribution in [2.75, 3.05) is 20.1 Å². The molecule has 1 aromatic heterocycles. The summed E-state index contributed by atoms with van der Waals surface area (Å²) >= 11 is 1.82. The molecular formula is C14H21NOS. The molecule has 1 heterocycles. The summed E-state index contributed by atoms with van der Waals surface area (Å²) in [6, 6.07) is 4.29. The van der Waals surface area contributed by atoms with Crippen LogP contribution in [0.2, 0.25) is 0 Å². The third kappa shape index (κ3) is 3.39. The van der Waals surface area contributed by atoms with E-state index in [0.717, 1.165) is 32.4 Å². The largest absolute Gasteiger partial charge is 0.305 e. The molecule has 2 rings (SSSR count). The first-order valence-electron chi connectivity index (χ1n) is 6.41. The molecule has 0 aliphatic heterocycles. The van der Waals surface area contributed by atoms with Gasteiger partial charge in [-0.2, -0.15) is 0 Å². The highest BCUT2D eigenvalue weighted by molar-refractivity contribution is 7.09. The van der Waals surface area contributed by atoms with Gasteiger partial charge in [-0.15, -0.1) is 11.3 Å². The van der Waals surface area contributed by atoms with Crippen molar-refractivity contribution >= 4 is 17.6 Å². The molecule has 0 bridgehead atoms. The fourth-order valence-electron chi connectivity index (χ4n) is 2.76. The van der Waals surface area contributed by atoms with Gasteiger partial charge in [0.05, 0.1) is 0 Å². The monoisotopic (exact) mass is 251 g/mol. The molecule has 94 valence electrons. The maximum Gasteiger partial charge on any atom is 0.127 e. The van der Waals surface area contributed by atoms with Gasteiger partial charge >= 0.3 is 0 Å². The van der Waals surface area contributed by atoms with Gasteiger partial charge in [-0.1, -0.05) is 18.9 Å². The Morgan fingerprint density at radius 3 is 2.82 bits per heavy atom. The van der Waals surface area contributed by atoms with E-state index in [4.69, 9.17) is 0 Å². The molecule has 0 atom stereocenters. The fourth-order valence-corrected chi connectivity index (χ4v) is 3.46. The number of hydrogen-bond acceptors (Lipinski definition) is 3. The van der Waals surface area contributed by atoms with Crippen LogP contribution < -0.4 is 0 Å². The second-order valence-corrected chi connectivity index (χ2v) is 6.29. The first-order chi connectivity index (χ1) is 8.24. The Hall–Kier alpha value is -0.670. The van der Waals surface area contributed by atoms with Crippen LogP contribution in [0.4, 0.5) is 0 Å². The summed E-state index contributed by atoms with van der Waals surface area (Å²) in [5, 5.41) is 2.12. The van der Waals surface area contributed by atoms with Crippen molar-refractivity contribution in [3.8, 4) is 0 Å². The van der Waals surface area contributed by atoms with Crippen molar-refractivity contribution in [1.82, 2.24) is 4.90 Å². The second kappa shape index (κ2) is 5.78. The summed E-state index contributed by atoms with van der Waals surface area (Å²) in [7, 11) is 2.14. The van der Waals surface area contributed by atoms with E-state index < -0.39 is 0 Å². The molecule has 1 aliphatic carbocycles. The molecule has 0 spiro atoms. The van der Waals surface area contributed by atoms with Gasteiger partial charge in [0, 0.05) is 23.4 Å². The number of rotatable bonds is 6. The molecule has 0 radical (unpaired) electrons. The summed E-state index contributed by atoms with van der Waals surface area (Å²) in [6.45, 7) is 1.98. The standard InChI is InChI=1S/C14H21NOS/c1-15(9-6-13-5-4-10-17-13)11-14(12-16)7-2-3-8-14/h4-5,10,12H,2-3,6-9,11H2,1H3. The maximum absolute atomic E-state index is 11.3. The molecule has 0 N–H and O–H groups in total. The van der Waals surface area contributed by atoms with Crippen LogP contribution in [-0.2, 0) is 11.2 Å². The molecule has 2 nitrogen and oxygen atoms in total. The van der Waals surface area contributed by atoms with Gasteiger partial charge in [-0.3, -0.25) is 0 Å². The van der Waals surface area contributed by atoms with Crippen LogP contribution in [0.1, 0.15) is 30.6 Å². The van der Waals surface area contributed by atoms with Gasteiger partial charge in [-0.05, 0) is 37.8 Å². The molecule has 0 saturated heterocycles. The maximum atomic E-state index is 11.3. The predicted octanol–water partition coefficient (Wildman–Crippen LogP) is 2.98. The third-order valence-electron chi connectivity index (χ3n) is 3.75. The minimum Gasteiger partial charge on any atom is -0.305 e. The van der Waals surface area contributed by atoms with E-state index in [-0.39, 0.29) is 5.41 Å². The predicted molar refractivity (Wildman–Crippen MR) is 72.5 cm³/mol. The highest BCUT2D eigenvalue weighted by Crippen LogP contribution is 2.36. The smallest absolute Gasteiger partial charge is 0.127 e. The summed E-state index contributed by atoms with van der Waals surface area (Å²) < 4.78 is 0. The van der Waals surface area contributed by atoms with Crippen LogP contribution in [-0.4, -0.2) is 31.3 Å². The molecule has 17 heavy (non-hydrogen) atoms. The molecule has 3 heteroatoms. The average molecular weight is 251 g/mol. The van der Waals surface area contributed by atoms with Crippen molar-refractivity contribution < 1.29 is 4.79 Å². The van der Waals surface area contributed by atoms with E-state index in [9.17, 15) is 4.79 Å². The van der Waals surface area contributed by atoms with E-state index in [1.807, 2.05) is 11.3 Å². The zero-order chi connectivity index (χ0) is 12.1. The molecule has 0 aromatic carbocycles. The number of nitrogens with zero attached hydrogens (tertiary/aromatic N) is 1. The topological polar surface area (TPSA) is 20.3 Å². The van der Waals surface area contributed by atoms with Gasteiger partial charge in [0.15, 0.2) is 0 Å². The first-order valence-corrected chi connectivity index (χ1v) is 7.29. The quantitative estimate of drug-likeness (QED) is 0.724. The average Bonchev–Trinajstić information content (AvgIpc) is 2.98. The van der Waals surface area contributed by atoms with Gasteiger partial charge < -0.3 is 9.69 Å². The normalized spacial score (nSPS) is 18.7. The molecular weight excluding hydrogens is 230 g/mol. The lowest BCUT2D eigenvalue weighted by Gasteiger charge is -2.28. The lowest BCUT2D eigenvalue weighted by Crippen LogP contribution is -2.35. The summed E-state index contributed by atoms with van der Waals surface area (Å²) in [5.74, 6) is 0. The van der Waals surface area contributed by atoms with Gasteiger partial charge in [0.2, 0.25) is 0 Å². The molecule has 0 amide bonds. The number of hydrogen-bond donors (Lipinski definition) is 0. The summed E-state index contributed by atoms with van der Waals surface area (Å²) in [6.07, 6.45) is 6.92. The van der Waals surface area contributed by atoms with E-state index in [1.54, 1.807) is 0 Å². The van der Waals surface area contributed by atoms with Crippen molar-refractivity contribution in [2.24, 2.45) is 5.41 Å². The molecule has 0 unspecified atom stereocenters. The Kier molecular flexibility index (Phi) is 4.35. The molecule has 1 saturated carbocycles. The fraction of sp³-hybridized carbons (Fsp3) is 0.643. The Bertz CT molecular complexity index is 341. The van der Waals surface area contributed by atoms with E-state index in [0.29, 0.717) is 0 Å². The SMILES string of the molecule is CN(CCc1cccs1)CC1(C=O)CCCC1. The number of carbonyl (C=O) groups excluding carboxylic acids is 1. The number of likely N-dealkylation sites (N-methyl/N-ethyl adjacent to an activating group) is 1. The van der Waals surface area contributed by atoms with E-state index in [2.05, 4.69) is 29.5 Å². The third-order valence-corrected chi connectivity index (χ3v) is 4.69. The Morgan fingerprint density at radius 2 is 2.24 bits per heavy atom. The van der Waals surface area contributed by atoms with Gasteiger partial charge in [0.1, 0.15) is 6.29 Å². The van der Waals surface area contributed by atoms with Crippen LogP contribution in [0.15, 0.2) is 17.5 Å². The highest BCUT2D eigenvalue weighted by atomic mass is 32.1. The molecule has 1 aromatic rings. The first kappa shape index (κ1) is 12.8. The molecule has 1 aliphatic rings. The Morgan fingerprint density at radius 1 is 1.47 bits per heavy atom. The van der Waals surface area contributed by atoms with Crippen LogP contribution >= 0.6 is 11.3 Å². The Labute approximate surface area is 108 Å². The second-order valence-electron chi connectivity index (χ2n) is 5.25. The minimum absolute atomic E-state index is 0.0375. The summed E-state index contributed by atoms with van der Waals surface area (Å²) in [4.78, 5) is 15.0. The van der Waals surface area contributed by atoms with Crippen molar-refractivity contribution in [2.45, 2.75) is 32.1 Å². The van der Waals surface area contributed by atoms with Crippen LogP contribution in [0.25, 0.3) is 0 Å². The van der Waals surface area contributed by atoms with Gasteiger partial charge in [-0.25, -0.2) is 0 Å². The number of thiophene rings is 1. The minimum atomic E-state index is -0.0375. The van der Waals surface area contributed by atoms with E-state index >= 15 is 0 Å². The van der Waals surface area contributed by atoms with Crippen LogP contribution in [0.5, 0.6) is 0 Å². The zero-order valence-corrected chi connectivity index (χ0v) is 11.3. The van der Waals surface area contributed by atoms with E-state index in [1.165, 1.54) is 24.0 Å².